The first-order valence-corrected chi connectivity index (χ1v) is 13.2. The van der Waals surface area contributed by atoms with Crippen LogP contribution >= 0.6 is 0 Å². The van der Waals surface area contributed by atoms with E-state index in [-0.39, 0.29) is 33.8 Å². The number of para-hydroxylation sites is 1. The van der Waals surface area contributed by atoms with Crippen molar-refractivity contribution in [2.24, 2.45) is 11.3 Å². The number of aromatic amines is 1. The number of aromatic nitrogens is 2. The van der Waals surface area contributed by atoms with Gasteiger partial charge in [0.2, 0.25) is 0 Å². The fourth-order valence-electron chi connectivity index (χ4n) is 4.67. The molecule has 1 aliphatic heterocycles. The summed E-state index contributed by atoms with van der Waals surface area (Å²) in [6.07, 6.45) is -2.14. The molecule has 1 fully saturated rings. The van der Waals surface area contributed by atoms with Gasteiger partial charge in [-0.2, -0.15) is 13.2 Å². The van der Waals surface area contributed by atoms with Crippen LogP contribution in [0.5, 0.6) is 0 Å². The average molecular weight is 537 g/mol. The number of alkyl halides is 3. The Labute approximate surface area is 212 Å². The van der Waals surface area contributed by atoms with Crippen LogP contribution in [0.1, 0.15) is 43.5 Å². The van der Waals surface area contributed by atoms with Crippen molar-refractivity contribution in [3.8, 4) is 0 Å². The van der Waals surface area contributed by atoms with Gasteiger partial charge in [-0.3, -0.25) is 14.3 Å². The van der Waals surface area contributed by atoms with Crippen molar-refractivity contribution in [2.45, 2.75) is 44.2 Å². The molecule has 2 heterocycles. The fourth-order valence-corrected chi connectivity index (χ4v) is 5.90. The van der Waals surface area contributed by atoms with Crippen molar-refractivity contribution in [2.75, 3.05) is 17.8 Å². The fraction of sp³-hybridized carbons (Fsp3) is 0.400. The van der Waals surface area contributed by atoms with Crippen LogP contribution in [0.25, 0.3) is 10.9 Å². The molecule has 1 aliphatic rings. The Balaban J connectivity index is 1.43. The maximum Gasteiger partial charge on any atom is 0.391 e. The Bertz CT molecular complexity index is 1460. The third-order valence-corrected chi connectivity index (χ3v) is 8.33. The lowest BCUT2D eigenvalue weighted by Gasteiger charge is -2.41. The smallest absolute Gasteiger partial charge is 0.339 e. The molecule has 3 aromatic rings. The van der Waals surface area contributed by atoms with E-state index < -0.39 is 33.1 Å². The van der Waals surface area contributed by atoms with E-state index in [0.29, 0.717) is 31.5 Å². The topological polar surface area (TPSA) is 112 Å². The van der Waals surface area contributed by atoms with Gasteiger partial charge < -0.3 is 9.88 Å². The second-order valence-corrected chi connectivity index (χ2v) is 11.5. The molecule has 1 unspecified atom stereocenters. The van der Waals surface area contributed by atoms with E-state index in [1.165, 1.54) is 49.4 Å². The third kappa shape index (κ3) is 5.79. The van der Waals surface area contributed by atoms with Crippen molar-refractivity contribution in [1.82, 2.24) is 14.9 Å². The number of halogens is 3. The highest BCUT2D eigenvalue weighted by atomic mass is 32.2. The Morgan fingerprint density at radius 1 is 1.16 bits per heavy atom. The van der Waals surface area contributed by atoms with Gasteiger partial charge in [0.1, 0.15) is 4.90 Å². The standard InChI is InChI=1S/C25H27F3N4O4S/c1-16(25(26,27)28)14-24(2)10-12-32(13-11-24)23(34)17-6-8-18(9-7-17)31-37(35,36)20-5-3-4-19-21(20)29-15-30-22(19)33/h3-9,15-16,31H,10-14H2,1-2H3,(H,29,30,33). The van der Waals surface area contributed by atoms with Crippen molar-refractivity contribution in [3.63, 3.8) is 0 Å². The van der Waals surface area contributed by atoms with Crippen LogP contribution in [0.2, 0.25) is 0 Å². The highest BCUT2D eigenvalue weighted by molar-refractivity contribution is 7.93. The van der Waals surface area contributed by atoms with Gasteiger partial charge in [-0.1, -0.05) is 19.9 Å². The molecule has 37 heavy (non-hydrogen) atoms. The molecule has 1 saturated heterocycles. The van der Waals surface area contributed by atoms with Crippen molar-refractivity contribution < 1.29 is 26.4 Å². The highest BCUT2D eigenvalue weighted by Gasteiger charge is 2.42. The summed E-state index contributed by atoms with van der Waals surface area (Å²) >= 11 is 0. The second-order valence-electron chi connectivity index (χ2n) is 9.82. The average Bonchev–Trinajstić information content (AvgIpc) is 2.83. The summed E-state index contributed by atoms with van der Waals surface area (Å²) in [4.78, 5) is 32.8. The Kier molecular flexibility index (Phi) is 7.06. The maximum absolute atomic E-state index is 13.0. The number of hydrogen-bond donors (Lipinski definition) is 2. The number of nitrogens with one attached hydrogen (secondary N) is 2. The Morgan fingerprint density at radius 2 is 1.81 bits per heavy atom. The minimum Gasteiger partial charge on any atom is -0.339 e. The molecule has 12 heteroatoms. The predicted octanol–water partition coefficient (Wildman–Crippen LogP) is 4.55. The molecule has 0 aliphatic carbocycles. The van der Waals surface area contributed by atoms with Crippen LogP contribution in [-0.2, 0) is 10.0 Å². The van der Waals surface area contributed by atoms with E-state index >= 15 is 0 Å². The predicted molar refractivity (Wildman–Crippen MR) is 133 cm³/mol. The monoisotopic (exact) mass is 536 g/mol. The molecule has 0 spiro atoms. The molecule has 1 amide bonds. The molecule has 0 saturated carbocycles. The molecule has 2 aromatic carbocycles. The molecule has 4 rings (SSSR count). The van der Waals surface area contributed by atoms with Crippen LogP contribution in [0, 0.1) is 11.3 Å². The van der Waals surface area contributed by atoms with E-state index in [4.69, 9.17) is 0 Å². The number of benzene rings is 2. The quantitative estimate of drug-likeness (QED) is 0.480. The molecular weight excluding hydrogens is 509 g/mol. The molecule has 2 N–H and O–H groups in total. The second kappa shape index (κ2) is 9.81. The van der Waals surface area contributed by atoms with Crippen LogP contribution in [0.3, 0.4) is 0 Å². The van der Waals surface area contributed by atoms with Gasteiger partial charge in [0.05, 0.1) is 23.1 Å². The number of piperidine rings is 1. The number of rotatable bonds is 6. The summed E-state index contributed by atoms with van der Waals surface area (Å²) < 4.78 is 67.4. The largest absolute Gasteiger partial charge is 0.391 e. The van der Waals surface area contributed by atoms with Gasteiger partial charge in [-0.25, -0.2) is 13.4 Å². The molecule has 1 atom stereocenters. The summed E-state index contributed by atoms with van der Waals surface area (Å²) in [5.74, 6) is -1.67. The lowest BCUT2D eigenvalue weighted by molar-refractivity contribution is -0.179. The molecule has 198 valence electrons. The number of sulfonamides is 1. The molecule has 0 bridgehead atoms. The zero-order valence-electron chi connectivity index (χ0n) is 20.3. The van der Waals surface area contributed by atoms with Crippen molar-refractivity contribution >= 4 is 32.5 Å². The van der Waals surface area contributed by atoms with Crippen molar-refractivity contribution in [3.05, 3.63) is 64.7 Å². The zero-order valence-corrected chi connectivity index (χ0v) is 21.1. The number of amides is 1. The third-order valence-electron chi connectivity index (χ3n) is 6.92. The molecule has 1 aromatic heterocycles. The zero-order chi connectivity index (χ0) is 27.0. The summed E-state index contributed by atoms with van der Waals surface area (Å²) in [5, 5.41) is 0.136. The number of nitrogens with zero attached hydrogens (tertiary/aromatic N) is 2. The molecule has 8 nitrogen and oxygen atoms in total. The number of fused-ring (bicyclic) bond motifs is 1. The number of carbonyl (C=O) groups excluding carboxylic acids is 1. The first-order valence-electron chi connectivity index (χ1n) is 11.7. The summed E-state index contributed by atoms with van der Waals surface area (Å²) in [6.45, 7) is 3.72. The first-order chi connectivity index (χ1) is 17.3. The van der Waals surface area contributed by atoms with Gasteiger partial charge >= 0.3 is 6.18 Å². The van der Waals surface area contributed by atoms with Crippen LogP contribution < -0.4 is 10.3 Å². The van der Waals surface area contributed by atoms with Crippen LogP contribution in [0.15, 0.2) is 58.5 Å². The molecular formula is C25H27F3N4O4S. The lowest BCUT2D eigenvalue weighted by atomic mass is 9.74. The number of likely N-dealkylation sites (tertiary alicyclic amines) is 1. The van der Waals surface area contributed by atoms with E-state index in [2.05, 4.69) is 14.7 Å². The van der Waals surface area contributed by atoms with Gasteiger partial charge in [0.25, 0.3) is 21.5 Å². The number of anilines is 1. The van der Waals surface area contributed by atoms with Gasteiger partial charge in [0, 0.05) is 24.3 Å². The summed E-state index contributed by atoms with van der Waals surface area (Å²) in [7, 11) is -4.08. The minimum atomic E-state index is -4.24. The highest BCUT2D eigenvalue weighted by Crippen LogP contribution is 2.42. The Hall–Kier alpha value is -3.41. The number of carbonyl (C=O) groups is 1. The maximum atomic E-state index is 13.0. The number of hydrogen-bond acceptors (Lipinski definition) is 5. The first kappa shape index (κ1) is 26.6. The molecule has 0 radical (unpaired) electrons. The van der Waals surface area contributed by atoms with Gasteiger partial charge in [-0.05, 0) is 61.1 Å². The van der Waals surface area contributed by atoms with Gasteiger partial charge in [-0.15, -0.1) is 0 Å². The normalized spacial score (nSPS) is 16.9. The SMILES string of the molecule is CC(CC1(C)CCN(C(=O)c2ccc(NS(=O)(=O)c3cccc4c(=O)[nH]cnc34)cc2)CC1)C(F)(F)F. The summed E-state index contributed by atoms with van der Waals surface area (Å²) in [5.41, 5.74) is -0.362. The Morgan fingerprint density at radius 3 is 2.43 bits per heavy atom. The minimum absolute atomic E-state index is 0.0218. The van der Waals surface area contributed by atoms with E-state index in [1.54, 1.807) is 4.90 Å². The van der Waals surface area contributed by atoms with E-state index in [0.717, 1.165) is 6.33 Å². The van der Waals surface area contributed by atoms with E-state index in [1.807, 2.05) is 6.92 Å². The number of H-pyrrole nitrogens is 1. The van der Waals surface area contributed by atoms with Crippen molar-refractivity contribution in [1.29, 1.82) is 0 Å². The van der Waals surface area contributed by atoms with Crippen LogP contribution in [-0.4, -0.2) is 48.5 Å². The lowest BCUT2D eigenvalue weighted by Crippen LogP contribution is -2.43. The summed E-state index contributed by atoms with van der Waals surface area (Å²) in [6, 6.07) is 10.2. The van der Waals surface area contributed by atoms with Crippen LogP contribution in [0.4, 0.5) is 18.9 Å². The van der Waals surface area contributed by atoms with E-state index in [9.17, 15) is 31.2 Å². The van der Waals surface area contributed by atoms with Gasteiger partial charge in [0.15, 0.2) is 0 Å².